The highest BCUT2D eigenvalue weighted by Gasteiger charge is 2.17. The second-order valence-electron chi connectivity index (χ2n) is 12.8. The van der Waals surface area contributed by atoms with Crippen molar-refractivity contribution in [2.45, 2.75) is 0 Å². The van der Waals surface area contributed by atoms with Crippen LogP contribution >= 0.6 is 0 Å². The normalized spacial score (nSPS) is 11.1. The molecule has 8 nitrogen and oxygen atoms in total. The Balaban J connectivity index is 1.10. The average Bonchev–Trinajstić information content (AvgIpc) is 3.21. The van der Waals surface area contributed by atoms with E-state index in [4.69, 9.17) is 40.9 Å². The third-order valence-corrected chi connectivity index (χ3v) is 8.99. The molecule has 0 aliphatic carbocycles. The summed E-state index contributed by atoms with van der Waals surface area (Å²) in [7, 11) is 0. The summed E-state index contributed by atoms with van der Waals surface area (Å²) in [5.74, 6) is 2.60. The van der Waals surface area contributed by atoms with Crippen molar-refractivity contribution in [3.63, 3.8) is 0 Å². The van der Waals surface area contributed by atoms with Gasteiger partial charge in [-0.3, -0.25) is 0 Å². The highest BCUT2D eigenvalue weighted by molar-refractivity contribution is 5.90. The lowest BCUT2D eigenvalue weighted by Crippen LogP contribution is -1.98. The first-order chi connectivity index (χ1) is 26.5. The third kappa shape index (κ3) is 6.63. The fraction of sp³-hybridized carbons (Fsp3) is 0. The first-order valence-corrected chi connectivity index (χ1v) is 17.4. The van der Waals surface area contributed by atoms with Gasteiger partial charge in [-0.2, -0.15) is 0 Å². The largest absolute Gasteiger partial charge is 0.457 e. The lowest BCUT2D eigenvalue weighted by atomic mass is 9.99. The van der Waals surface area contributed by atoms with Gasteiger partial charge >= 0.3 is 0 Å². The molecule has 54 heavy (non-hydrogen) atoms. The maximum Gasteiger partial charge on any atom is 0.129 e. The average molecular weight is 701 g/mol. The van der Waals surface area contributed by atoms with Crippen LogP contribution in [0.15, 0.2) is 170 Å². The Labute approximate surface area is 311 Å². The zero-order valence-corrected chi connectivity index (χ0v) is 28.9. The summed E-state index contributed by atoms with van der Waals surface area (Å²) in [6.45, 7) is 0. The van der Waals surface area contributed by atoms with E-state index < -0.39 is 0 Å². The number of fused-ring (bicyclic) bond motifs is 2. The molecule has 0 radical (unpaired) electrons. The van der Waals surface area contributed by atoms with Gasteiger partial charge in [-0.1, -0.05) is 97.1 Å². The second-order valence-corrected chi connectivity index (χ2v) is 12.8. The standard InChI is InChI=1S/C46H32N6O2/c47-33-13-7-15-35(25-33)53-37-21-23-39-41(27-37)51-43(29-9-3-1-4-10-29)45(49-39)31-17-19-32(20-18-31)46-44(30-11-5-2-6-12-30)52-42-28-38(22-24-40(42)50-46)54-36-16-8-14-34(48)26-36/h1-28H,47-48H2. The van der Waals surface area contributed by atoms with Crippen LogP contribution in [0.1, 0.15) is 0 Å². The Bertz CT molecular complexity index is 2600. The lowest BCUT2D eigenvalue weighted by molar-refractivity contribution is 0.483. The molecule has 0 atom stereocenters. The highest BCUT2D eigenvalue weighted by atomic mass is 16.5. The number of nitrogens with zero attached hydrogens (tertiary/aromatic N) is 4. The predicted octanol–water partition coefficient (Wildman–Crippen LogP) is 11.0. The fourth-order valence-corrected chi connectivity index (χ4v) is 6.41. The van der Waals surface area contributed by atoms with Crippen LogP contribution in [0.3, 0.4) is 0 Å². The number of benzene rings is 7. The Morgan fingerprint density at radius 3 is 1.04 bits per heavy atom. The van der Waals surface area contributed by atoms with E-state index in [1.807, 2.05) is 133 Å². The molecule has 2 heterocycles. The highest BCUT2D eigenvalue weighted by Crippen LogP contribution is 2.37. The number of nitrogen functional groups attached to an aromatic ring is 2. The molecule has 258 valence electrons. The molecule has 0 saturated heterocycles. The molecule has 0 aliphatic rings. The van der Waals surface area contributed by atoms with Gasteiger partial charge in [0, 0.05) is 57.9 Å². The van der Waals surface area contributed by atoms with E-state index in [1.165, 1.54) is 0 Å². The van der Waals surface area contributed by atoms with Crippen LogP contribution < -0.4 is 20.9 Å². The summed E-state index contributed by atoms with van der Waals surface area (Å²) in [5, 5.41) is 0. The van der Waals surface area contributed by atoms with Gasteiger partial charge in [0.25, 0.3) is 0 Å². The number of aromatic nitrogens is 4. The van der Waals surface area contributed by atoms with Gasteiger partial charge in [0.2, 0.25) is 0 Å². The van der Waals surface area contributed by atoms with Gasteiger partial charge in [0.05, 0.1) is 44.8 Å². The van der Waals surface area contributed by atoms with E-state index in [2.05, 4.69) is 24.3 Å². The third-order valence-electron chi connectivity index (χ3n) is 8.99. The summed E-state index contributed by atoms with van der Waals surface area (Å²) in [6, 6.07) is 54.6. The van der Waals surface area contributed by atoms with E-state index in [-0.39, 0.29) is 0 Å². The number of nitrogens with two attached hydrogens (primary N) is 2. The molecule has 0 saturated carbocycles. The van der Waals surface area contributed by atoms with Crippen LogP contribution in [-0.2, 0) is 0 Å². The van der Waals surface area contributed by atoms with E-state index in [0.717, 1.165) is 67.1 Å². The number of hydrogen-bond donors (Lipinski definition) is 2. The zero-order chi connectivity index (χ0) is 36.4. The minimum absolute atomic E-state index is 0.633. The summed E-state index contributed by atoms with van der Waals surface area (Å²) < 4.78 is 12.2. The number of anilines is 2. The van der Waals surface area contributed by atoms with E-state index in [0.29, 0.717) is 34.4 Å². The molecule has 0 bridgehead atoms. The molecule has 7 aromatic carbocycles. The number of ether oxygens (including phenoxy) is 2. The van der Waals surface area contributed by atoms with Crippen LogP contribution in [0.2, 0.25) is 0 Å². The van der Waals surface area contributed by atoms with E-state index in [1.54, 1.807) is 12.1 Å². The Hall–Kier alpha value is -7.58. The molecule has 0 unspecified atom stereocenters. The minimum atomic E-state index is 0.633. The maximum atomic E-state index is 6.12. The van der Waals surface area contributed by atoms with Crippen LogP contribution in [0.25, 0.3) is 67.1 Å². The van der Waals surface area contributed by atoms with Crippen LogP contribution in [0.5, 0.6) is 23.0 Å². The molecular formula is C46H32N6O2. The van der Waals surface area contributed by atoms with Crippen LogP contribution in [0.4, 0.5) is 11.4 Å². The molecular weight excluding hydrogens is 669 g/mol. The SMILES string of the molecule is Nc1cccc(Oc2ccc3nc(-c4ccc(-c5nc6ccc(Oc7cccc(N)c7)cc6nc5-c5ccccc5)cc4)c(-c4ccccc4)nc3c2)c1. The van der Waals surface area contributed by atoms with Crippen molar-refractivity contribution in [1.29, 1.82) is 0 Å². The Kier molecular flexibility index (Phi) is 8.30. The van der Waals surface area contributed by atoms with Crippen molar-refractivity contribution in [3.8, 4) is 68.0 Å². The molecule has 9 rings (SSSR count). The molecule has 9 aromatic rings. The van der Waals surface area contributed by atoms with Crippen molar-refractivity contribution in [2.24, 2.45) is 0 Å². The first-order valence-electron chi connectivity index (χ1n) is 17.4. The lowest BCUT2D eigenvalue weighted by Gasteiger charge is -2.14. The van der Waals surface area contributed by atoms with Crippen molar-refractivity contribution in [2.75, 3.05) is 11.5 Å². The number of rotatable bonds is 8. The maximum absolute atomic E-state index is 6.12. The summed E-state index contributed by atoms with van der Waals surface area (Å²) >= 11 is 0. The quantitative estimate of drug-likeness (QED) is 0.150. The van der Waals surface area contributed by atoms with Crippen molar-refractivity contribution in [3.05, 3.63) is 170 Å². The predicted molar refractivity (Wildman–Crippen MR) is 216 cm³/mol. The summed E-state index contributed by atoms with van der Waals surface area (Å²) in [5.41, 5.74) is 23.0. The molecule has 0 aliphatic heterocycles. The Morgan fingerprint density at radius 2 is 0.648 bits per heavy atom. The van der Waals surface area contributed by atoms with Gasteiger partial charge in [-0.05, 0) is 48.5 Å². The van der Waals surface area contributed by atoms with Crippen LogP contribution in [-0.4, -0.2) is 19.9 Å². The van der Waals surface area contributed by atoms with Gasteiger partial charge in [0.15, 0.2) is 0 Å². The van der Waals surface area contributed by atoms with E-state index >= 15 is 0 Å². The molecule has 2 aromatic heterocycles. The number of hydrogen-bond acceptors (Lipinski definition) is 8. The summed E-state index contributed by atoms with van der Waals surface area (Å²) in [4.78, 5) is 20.6. The van der Waals surface area contributed by atoms with Crippen molar-refractivity contribution in [1.82, 2.24) is 19.9 Å². The van der Waals surface area contributed by atoms with Gasteiger partial charge in [-0.15, -0.1) is 0 Å². The monoisotopic (exact) mass is 700 g/mol. The van der Waals surface area contributed by atoms with Gasteiger partial charge in [-0.25, -0.2) is 19.9 Å². The van der Waals surface area contributed by atoms with E-state index in [9.17, 15) is 0 Å². The topological polar surface area (TPSA) is 122 Å². The molecule has 0 spiro atoms. The minimum Gasteiger partial charge on any atom is -0.457 e. The first kappa shape index (κ1) is 32.3. The fourth-order valence-electron chi connectivity index (χ4n) is 6.41. The summed E-state index contributed by atoms with van der Waals surface area (Å²) in [6.07, 6.45) is 0. The van der Waals surface area contributed by atoms with Gasteiger partial charge in [0.1, 0.15) is 23.0 Å². The molecule has 8 heteroatoms. The second kappa shape index (κ2) is 13.9. The molecule has 0 amide bonds. The van der Waals surface area contributed by atoms with Gasteiger partial charge < -0.3 is 20.9 Å². The van der Waals surface area contributed by atoms with Crippen molar-refractivity contribution < 1.29 is 9.47 Å². The zero-order valence-electron chi connectivity index (χ0n) is 28.9. The van der Waals surface area contributed by atoms with Crippen LogP contribution in [0, 0.1) is 0 Å². The Morgan fingerprint density at radius 1 is 0.296 bits per heavy atom. The van der Waals surface area contributed by atoms with Crippen molar-refractivity contribution >= 4 is 33.4 Å². The smallest absolute Gasteiger partial charge is 0.129 e. The molecule has 4 N–H and O–H groups in total. The molecule has 0 fully saturated rings.